The summed E-state index contributed by atoms with van der Waals surface area (Å²) in [7, 11) is 1.53. The minimum Gasteiger partial charge on any atom is -0.493 e. The van der Waals surface area contributed by atoms with Crippen molar-refractivity contribution in [2.45, 2.75) is 26.0 Å². The van der Waals surface area contributed by atoms with Gasteiger partial charge in [0.1, 0.15) is 6.61 Å². The highest BCUT2D eigenvalue weighted by Gasteiger charge is 2.18. The van der Waals surface area contributed by atoms with E-state index in [2.05, 4.69) is 15.8 Å². The number of nitrogens with one attached hydrogen (secondary N) is 2. The second-order valence-corrected chi connectivity index (χ2v) is 8.59. The van der Waals surface area contributed by atoms with E-state index < -0.39 is 12.1 Å². The van der Waals surface area contributed by atoms with Crippen molar-refractivity contribution >= 4 is 41.4 Å². The fourth-order valence-electron chi connectivity index (χ4n) is 3.34. The van der Waals surface area contributed by atoms with E-state index in [9.17, 15) is 9.59 Å². The Bertz CT molecular complexity index is 1240. The maximum absolute atomic E-state index is 12.5. The van der Waals surface area contributed by atoms with Crippen molar-refractivity contribution in [2.24, 2.45) is 5.10 Å². The first kappa shape index (κ1) is 27.8. The molecule has 0 radical (unpaired) electrons. The molecule has 0 aromatic heterocycles. The lowest BCUT2D eigenvalue weighted by Crippen LogP contribution is -2.33. The van der Waals surface area contributed by atoms with Crippen LogP contribution in [0, 0.1) is 0 Å². The van der Waals surface area contributed by atoms with Gasteiger partial charge < -0.3 is 19.5 Å². The third-order valence-corrected chi connectivity index (χ3v) is 5.87. The van der Waals surface area contributed by atoms with Gasteiger partial charge in [0.05, 0.1) is 42.4 Å². The van der Waals surface area contributed by atoms with Crippen LogP contribution in [0.5, 0.6) is 11.5 Å². The van der Waals surface area contributed by atoms with Crippen LogP contribution in [0.4, 0.5) is 4.79 Å². The SMILES string of the molecule is CCOC(=O)N[C@@H](CC(=O)N/N=C\c1ccc(OCc2ccc(Cl)c(Cl)c2)c(OC)c1)c1ccccc1. The zero-order valence-corrected chi connectivity index (χ0v) is 21.9. The van der Waals surface area contributed by atoms with Crippen molar-refractivity contribution in [3.05, 3.63) is 93.5 Å². The largest absolute Gasteiger partial charge is 0.493 e. The summed E-state index contributed by atoms with van der Waals surface area (Å²) in [6.45, 7) is 2.22. The summed E-state index contributed by atoms with van der Waals surface area (Å²) in [5.74, 6) is 0.652. The summed E-state index contributed by atoms with van der Waals surface area (Å²) in [6, 6.07) is 19.1. The summed E-state index contributed by atoms with van der Waals surface area (Å²) in [6.07, 6.45) is 0.867. The van der Waals surface area contributed by atoms with Crippen molar-refractivity contribution in [2.75, 3.05) is 13.7 Å². The van der Waals surface area contributed by atoms with Gasteiger partial charge in [0, 0.05) is 0 Å². The fraction of sp³-hybridized carbons (Fsp3) is 0.222. The molecule has 0 unspecified atom stereocenters. The summed E-state index contributed by atoms with van der Waals surface area (Å²) in [5, 5.41) is 7.66. The van der Waals surface area contributed by atoms with E-state index in [0.717, 1.165) is 11.1 Å². The van der Waals surface area contributed by atoms with Crippen LogP contribution in [0.2, 0.25) is 10.0 Å². The molecule has 0 aliphatic rings. The molecule has 8 nitrogen and oxygen atoms in total. The quantitative estimate of drug-likeness (QED) is 0.231. The molecule has 0 bridgehead atoms. The molecule has 0 fully saturated rings. The summed E-state index contributed by atoms with van der Waals surface area (Å²) < 4.78 is 16.2. The number of carbonyl (C=O) groups excluding carboxylic acids is 2. The first-order valence-corrected chi connectivity index (χ1v) is 12.2. The number of methoxy groups -OCH3 is 1. The van der Waals surface area contributed by atoms with Crippen molar-refractivity contribution in [1.82, 2.24) is 10.7 Å². The Morgan fingerprint density at radius 2 is 1.78 bits per heavy atom. The van der Waals surface area contributed by atoms with E-state index in [0.29, 0.717) is 27.1 Å². The molecule has 2 N–H and O–H groups in total. The minimum absolute atomic E-state index is 0.0228. The van der Waals surface area contributed by atoms with Gasteiger partial charge in [-0.15, -0.1) is 0 Å². The highest BCUT2D eigenvalue weighted by atomic mass is 35.5. The highest BCUT2D eigenvalue weighted by Crippen LogP contribution is 2.29. The molecule has 2 amide bonds. The highest BCUT2D eigenvalue weighted by molar-refractivity contribution is 6.42. The topological polar surface area (TPSA) is 98.2 Å². The Morgan fingerprint density at radius 3 is 2.49 bits per heavy atom. The predicted octanol–water partition coefficient (Wildman–Crippen LogP) is 5.91. The number of hydrazone groups is 1. The zero-order valence-electron chi connectivity index (χ0n) is 20.4. The lowest BCUT2D eigenvalue weighted by Gasteiger charge is -2.18. The first-order valence-electron chi connectivity index (χ1n) is 11.4. The predicted molar refractivity (Wildman–Crippen MR) is 143 cm³/mol. The normalized spacial score (nSPS) is 11.6. The number of alkyl carbamates (subject to hydrolysis) is 1. The Kier molecular flexibility index (Phi) is 10.6. The molecule has 3 aromatic rings. The van der Waals surface area contributed by atoms with E-state index in [-0.39, 0.29) is 25.5 Å². The number of nitrogens with zero attached hydrogens (tertiary/aromatic N) is 1. The van der Waals surface area contributed by atoms with E-state index in [1.54, 1.807) is 37.3 Å². The lowest BCUT2D eigenvalue weighted by molar-refractivity contribution is -0.121. The maximum atomic E-state index is 12.5. The molecule has 0 saturated carbocycles. The molecular weight excluding hydrogens is 517 g/mol. The summed E-state index contributed by atoms with van der Waals surface area (Å²) in [5.41, 5.74) is 4.80. The summed E-state index contributed by atoms with van der Waals surface area (Å²) in [4.78, 5) is 24.4. The number of rotatable bonds is 11. The molecule has 0 heterocycles. The van der Waals surface area contributed by atoms with Crippen LogP contribution in [-0.2, 0) is 16.1 Å². The Labute approximate surface area is 225 Å². The van der Waals surface area contributed by atoms with Crippen LogP contribution in [0.3, 0.4) is 0 Å². The average molecular weight is 544 g/mol. The molecular formula is C27H27Cl2N3O5. The van der Waals surface area contributed by atoms with E-state index >= 15 is 0 Å². The van der Waals surface area contributed by atoms with Gasteiger partial charge in [0.25, 0.3) is 0 Å². The number of hydrogen-bond donors (Lipinski definition) is 2. The van der Waals surface area contributed by atoms with E-state index in [1.807, 2.05) is 36.4 Å². The van der Waals surface area contributed by atoms with Gasteiger partial charge in [-0.2, -0.15) is 5.10 Å². The second kappa shape index (κ2) is 14.1. The van der Waals surface area contributed by atoms with Crippen LogP contribution < -0.4 is 20.2 Å². The smallest absolute Gasteiger partial charge is 0.407 e. The number of carbonyl (C=O) groups is 2. The van der Waals surface area contributed by atoms with Crippen molar-refractivity contribution in [3.8, 4) is 11.5 Å². The zero-order chi connectivity index (χ0) is 26.6. The van der Waals surface area contributed by atoms with Gasteiger partial charge in [-0.1, -0.05) is 59.6 Å². The number of amides is 2. The third-order valence-electron chi connectivity index (χ3n) is 5.13. The Balaban J connectivity index is 1.59. The molecule has 0 saturated heterocycles. The van der Waals surface area contributed by atoms with Crippen LogP contribution in [0.15, 0.2) is 71.8 Å². The monoisotopic (exact) mass is 543 g/mol. The molecule has 0 spiro atoms. The molecule has 37 heavy (non-hydrogen) atoms. The standard InChI is InChI=1S/C27H27Cl2N3O5/c1-3-36-27(34)31-23(20-7-5-4-6-8-20)15-26(33)32-30-16-18-10-12-24(25(14-18)35-2)37-17-19-9-11-21(28)22(29)13-19/h4-14,16,23H,3,15,17H2,1-2H3,(H,31,34)(H,32,33)/b30-16-/t23-/m0/s1. The van der Waals surface area contributed by atoms with E-state index in [1.165, 1.54) is 13.3 Å². The number of benzene rings is 3. The molecule has 0 aliphatic heterocycles. The molecule has 1 atom stereocenters. The Hall–Kier alpha value is -3.75. The van der Waals surface area contributed by atoms with Crippen LogP contribution >= 0.6 is 23.2 Å². The van der Waals surface area contributed by atoms with Gasteiger partial charge in [-0.25, -0.2) is 10.2 Å². The molecule has 10 heteroatoms. The van der Waals surface area contributed by atoms with Gasteiger partial charge >= 0.3 is 6.09 Å². The van der Waals surface area contributed by atoms with Crippen molar-refractivity contribution in [1.29, 1.82) is 0 Å². The van der Waals surface area contributed by atoms with Crippen LogP contribution in [0.1, 0.15) is 36.1 Å². The van der Waals surface area contributed by atoms with E-state index in [4.69, 9.17) is 37.4 Å². The summed E-state index contributed by atoms with van der Waals surface area (Å²) >= 11 is 12.0. The van der Waals surface area contributed by atoms with Crippen LogP contribution in [-0.4, -0.2) is 31.9 Å². The minimum atomic E-state index is -0.596. The Morgan fingerprint density at radius 1 is 1.00 bits per heavy atom. The van der Waals surface area contributed by atoms with Gasteiger partial charge in [-0.05, 0) is 53.9 Å². The fourth-order valence-corrected chi connectivity index (χ4v) is 3.66. The average Bonchev–Trinajstić information content (AvgIpc) is 2.90. The molecule has 3 aromatic carbocycles. The third kappa shape index (κ3) is 8.70. The second-order valence-electron chi connectivity index (χ2n) is 7.77. The molecule has 194 valence electrons. The molecule has 0 aliphatic carbocycles. The van der Waals surface area contributed by atoms with Gasteiger partial charge in [0.2, 0.25) is 5.91 Å². The molecule has 3 rings (SSSR count). The number of halogens is 2. The first-order chi connectivity index (χ1) is 17.9. The maximum Gasteiger partial charge on any atom is 0.407 e. The number of hydrogen-bond acceptors (Lipinski definition) is 6. The lowest BCUT2D eigenvalue weighted by atomic mass is 10.0. The van der Waals surface area contributed by atoms with Crippen LogP contribution in [0.25, 0.3) is 0 Å². The van der Waals surface area contributed by atoms with Crippen molar-refractivity contribution < 1.29 is 23.8 Å². The number of ether oxygens (including phenoxy) is 3. The van der Waals surface area contributed by atoms with Gasteiger partial charge in [0.15, 0.2) is 11.5 Å². The van der Waals surface area contributed by atoms with Gasteiger partial charge in [-0.3, -0.25) is 4.79 Å². The van der Waals surface area contributed by atoms with Crippen molar-refractivity contribution in [3.63, 3.8) is 0 Å².